The van der Waals surface area contributed by atoms with Crippen molar-refractivity contribution < 1.29 is 27.5 Å². The summed E-state index contributed by atoms with van der Waals surface area (Å²) in [7, 11) is 0. The molecule has 2 aromatic carbocycles. The lowest BCUT2D eigenvalue weighted by molar-refractivity contribution is -0.137. The van der Waals surface area contributed by atoms with Crippen LogP contribution in [-0.2, 0) is 11.8 Å². The molecule has 1 amide bonds. The van der Waals surface area contributed by atoms with Gasteiger partial charge in [-0.2, -0.15) is 13.2 Å². The standard InChI is InChI=1S/C27H20F4N6O2/c1-26(2,39)15-11-19-23(34-14-15)36-37(16-7-4-3-5-8-16)24(19)35-25(38)18-12-17(22-32-9-6-10-33-22)20(13-21(18)28)27(29,30)31/h3-14,39H,1-2H3,(H,35,38). The summed E-state index contributed by atoms with van der Waals surface area (Å²) in [5, 5.41) is 17.8. The van der Waals surface area contributed by atoms with Gasteiger partial charge in [0, 0.05) is 29.7 Å². The molecule has 5 aromatic rings. The van der Waals surface area contributed by atoms with Crippen molar-refractivity contribution in [3.8, 4) is 17.1 Å². The van der Waals surface area contributed by atoms with Gasteiger partial charge in [0.2, 0.25) is 0 Å². The summed E-state index contributed by atoms with van der Waals surface area (Å²) >= 11 is 0. The van der Waals surface area contributed by atoms with Gasteiger partial charge in [0.15, 0.2) is 11.5 Å². The van der Waals surface area contributed by atoms with E-state index in [-0.39, 0.29) is 23.4 Å². The van der Waals surface area contributed by atoms with Crippen molar-refractivity contribution in [3.05, 3.63) is 95.7 Å². The number of alkyl halides is 3. The number of rotatable bonds is 5. The minimum atomic E-state index is -4.92. The number of carbonyl (C=O) groups is 1. The average Bonchev–Trinajstić information content (AvgIpc) is 3.26. The second kappa shape index (κ2) is 9.55. The van der Waals surface area contributed by atoms with E-state index >= 15 is 4.39 Å². The number of halogens is 4. The lowest BCUT2D eigenvalue weighted by Crippen LogP contribution is -2.19. The van der Waals surface area contributed by atoms with Crippen LogP contribution in [0.15, 0.2) is 73.2 Å². The molecule has 0 saturated heterocycles. The molecule has 0 aliphatic rings. The second-order valence-corrected chi connectivity index (χ2v) is 9.15. The SMILES string of the molecule is CC(C)(O)c1cnc2nn(-c3ccccc3)c(NC(=O)c3cc(-c4ncccn4)c(C(F)(F)F)cc3F)c2c1. The van der Waals surface area contributed by atoms with Crippen molar-refractivity contribution in [1.82, 2.24) is 24.7 Å². The van der Waals surface area contributed by atoms with Crippen LogP contribution < -0.4 is 5.32 Å². The van der Waals surface area contributed by atoms with E-state index in [1.165, 1.54) is 29.3 Å². The number of aliphatic hydroxyl groups is 1. The highest BCUT2D eigenvalue weighted by Crippen LogP contribution is 2.38. The van der Waals surface area contributed by atoms with Crippen molar-refractivity contribution >= 4 is 22.8 Å². The largest absolute Gasteiger partial charge is 0.417 e. The van der Waals surface area contributed by atoms with Crippen LogP contribution in [0.5, 0.6) is 0 Å². The van der Waals surface area contributed by atoms with Crippen LogP contribution in [0.2, 0.25) is 0 Å². The molecule has 0 bridgehead atoms. The zero-order chi connectivity index (χ0) is 27.9. The number of carbonyl (C=O) groups excluding carboxylic acids is 1. The number of nitrogens with zero attached hydrogens (tertiary/aromatic N) is 5. The molecule has 3 aromatic heterocycles. The fourth-order valence-electron chi connectivity index (χ4n) is 3.96. The third kappa shape index (κ3) is 5.06. The van der Waals surface area contributed by atoms with Crippen molar-refractivity contribution in [1.29, 1.82) is 0 Å². The Balaban J connectivity index is 1.66. The number of fused-ring (bicyclic) bond motifs is 1. The molecule has 3 heterocycles. The van der Waals surface area contributed by atoms with Gasteiger partial charge in [0.05, 0.1) is 27.8 Å². The lowest BCUT2D eigenvalue weighted by atomic mass is 9.99. The minimum absolute atomic E-state index is 0.0802. The van der Waals surface area contributed by atoms with E-state index in [1.54, 1.807) is 50.2 Å². The van der Waals surface area contributed by atoms with E-state index in [0.717, 1.165) is 6.07 Å². The predicted octanol–water partition coefficient (Wildman–Crippen LogP) is 5.52. The molecule has 0 saturated carbocycles. The quantitative estimate of drug-likeness (QED) is 0.287. The third-order valence-corrected chi connectivity index (χ3v) is 5.93. The number of hydrogen-bond donors (Lipinski definition) is 2. The highest BCUT2D eigenvalue weighted by atomic mass is 19.4. The topological polar surface area (TPSA) is 106 Å². The smallest absolute Gasteiger partial charge is 0.386 e. The summed E-state index contributed by atoms with van der Waals surface area (Å²) in [6.07, 6.45) is -1.00. The molecule has 198 valence electrons. The Morgan fingerprint density at radius 1 is 0.974 bits per heavy atom. The fourth-order valence-corrected chi connectivity index (χ4v) is 3.96. The summed E-state index contributed by atoms with van der Waals surface area (Å²) in [5.74, 6) is -2.66. The summed E-state index contributed by atoms with van der Waals surface area (Å²) in [6, 6.07) is 12.7. The molecule has 0 radical (unpaired) electrons. The van der Waals surface area contributed by atoms with Crippen molar-refractivity contribution in [2.75, 3.05) is 5.32 Å². The molecular formula is C27H20F4N6O2. The highest BCUT2D eigenvalue weighted by Gasteiger charge is 2.36. The molecule has 2 N–H and O–H groups in total. The number of benzene rings is 2. The van der Waals surface area contributed by atoms with E-state index in [9.17, 15) is 23.1 Å². The van der Waals surface area contributed by atoms with E-state index in [1.807, 2.05) is 0 Å². The van der Waals surface area contributed by atoms with Gasteiger partial charge in [-0.25, -0.2) is 24.0 Å². The Morgan fingerprint density at radius 3 is 2.31 bits per heavy atom. The normalized spacial score (nSPS) is 12.1. The Bertz CT molecular complexity index is 1680. The van der Waals surface area contributed by atoms with Gasteiger partial charge in [-0.1, -0.05) is 18.2 Å². The van der Waals surface area contributed by atoms with E-state index in [2.05, 4.69) is 25.4 Å². The van der Waals surface area contributed by atoms with Crippen LogP contribution in [0, 0.1) is 5.82 Å². The minimum Gasteiger partial charge on any atom is -0.386 e. The van der Waals surface area contributed by atoms with Crippen LogP contribution in [0.3, 0.4) is 0 Å². The van der Waals surface area contributed by atoms with Gasteiger partial charge >= 0.3 is 6.18 Å². The first-order valence-corrected chi connectivity index (χ1v) is 11.6. The molecule has 8 nitrogen and oxygen atoms in total. The van der Waals surface area contributed by atoms with E-state index in [4.69, 9.17) is 0 Å². The number of anilines is 1. The van der Waals surface area contributed by atoms with Crippen molar-refractivity contribution in [2.45, 2.75) is 25.6 Å². The van der Waals surface area contributed by atoms with Gasteiger partial charge in [0.1, 0.15) is 11.6 Å². The van der Waals surface area contributed by atoms with Gasteiger partial charge < -0.3 is 10.4 Å². The van der Waals surface area contributed by atoms with Crippen molar-refractivity contribution in [2.24, 2.45) is 0 Å². The first-order valence-electron chi connectivity index (χ1n) is 11.6. The number of nitrogens with one attached hydrogen (secondary N) is 1. The first-order chi connectivity index (χ1) is 18.4. The van der Waals surface area contributed by atoms with Crippen molar-refractivity contribution in [3.63, 3.8) is 0 Å². The van der Waals surface area contributed by atoms with Gasteiger partial charge in [0.25, 0.3) is 5.91 Å². The predicted molar refractivity (Wildman–Crippen MR) is 134 cm³/mol. The second-order valence-electron chi connectivity index (χ2n) is 9.15. The maximum Gasteiger partial charge on any atom is 0.417 e. The van der Waals surface area contributed by atoms with E-state index in [0.29, 0.717) is 16.6 Å². The molecule has 0 spiro atoms. The average molecular weight is 536 g/mol. The number of aromatic nitrogens is 5. The third-order valence-electron chi connectivity index (χ3n) is 5.93. The molecule has 39 heavy (non-hydrogen) atoms. The number of pyridine rings is 1. The molecule has 0 atom stereocenters. The van der Waals surface area contributed by atoms with Crippen LogP contribution in [0.4, 0.5) is 23.4 Å². The Kier molecular flexibility index (Phi) is 6.35. The molecule has 0 fully saturated rings. The van der Waals surface area contributed by atoms with Crippen LogP contribution in [-0.4, -0.2) is 35.7 Å². The highest BCUT2D eigenvalue weighted by molar-refractivity contribution is 6.08. The summed E-state index contributed by atoms with van der Waals surface area (Å²) in [6.45, 7) is 3.11. The molecule has 0 aliphatic heterocycles. The monoisotopic (exact) mass is 536 g/mol. The number of para-hydroxylation sites is 1. The Morgan fingerprint density at radius 2 is 1.67 bits per heavy atom. The summed E-state index contributed by atoms with van der Waals surface area (Å²) in [4.78, 5) is 25.4. The van der Waals surface area contributed by atoms with Crippen LogP contribution >= 0.6 is 0 Å². The van der Waals surface area contributed by atoms with Crippen LogP contribution in [0.25, 0.3) is 28.1 Å². The molecule has 12 heteroatoms. The number of amides is 1. The fraction of sp³-hybridized carbons (Fsp3) is 0.148. The van der Waals surface area contributed by atoms with Gasteiger partial charge in [-0.3, -0.25) is 4.79 Å². The molecule has 5 rings (SSSR count). The maximum atomic E-state index is 15.0. The summed E-state index contributed by atoms with van der Waals surface area (Å²) in [5.41, 5.74) is -2.64. The molecular weight excluding hydrogens is 516 g/mol. The molecule has 0 aliphatic carbocycles. The zero-order valence-corrected chi connectivity index (χ0v) is 20.5. The first kappa shape index (κ1) is 25.9. The van der Waals surface area contributed by atoms with Gasteiger partial charge in [-0.05, 0) is 50.2 Å². The van der Waals surface area contributed by atoms with Gasteiger partial charge in [-0.15, -0.1) is 5.10 Å². The molecule has 0 unspecified atom stereocenters. The maximum absolute atomic E-state index is 15.0. The summed E-state index contributed by atoms with van der Waals surface area (Å²) < 4.78 is 57.6. The number of hydrogen-bond acceptors (Lipinski definition) is 6. The van der Waals surface area contributed by atoms with E-state index < -0.39 is 40.2 Å². The lowest BCUT2D eigenvalue weighted by Gasteiger charge is -2.17. The Hall–Kier alpha value is -4.71. The van der Waals surface area contributed by atoms with Crippen LogP contribution in [0.1, 0.15) is 35.3 Å². The zero-order valence-electron chi connectivity index (χ0n) is 20.5. The Labute approximate surface area is 219 Å².